The van der Waals surface area contributed by atoms with E-state index in [2.05, 4.69) is 20.2 Å². The average Bonchev–Trinajstić information content (AvgIpc) is 3.13. The molecule has 0 bridgehead atoms. The Morgan fingerprint density at radius 3 is 2.95 bits per heavy atom. The molecular formula is C13H20N4O2. The molecule has 6 nitrogen and oxygen atoms in total. The molecule has 2 N–H and O–H groups in total. The predicted octanol–water partition coefficient (Wildman–Crippen LogP) is 0.499. The first-order chi connectivity index (χ1) is 9.29. The minimum atomic E-state index is -0.211. The van der Waals surface area contributed by atoms with Gasteiger partial charge >= 0.3 is 0 Å². The van der Waals surface area contributed by atoms with Crippen LogP contribution in [0, 0.1) is 0 Å². The Labute approximate surface area is 112 Å². The first kappa shape index (κ1) is 12.5. The summed E-state index contributed by atoms with van der Waals surface area (Å²) in [5, 5.41) is 3.50. The summed E-state index contributed by atoms with van der Waals surface area (Å²) >= 11 is 0. The van der Waals surface area contributed by atoms with E-state index in [0.29, 0.717) is 23.7 Å². The highest BCUT2D eigenvalue weighted by molar-refractivity contribution is 5.52. The number of aromatic amines is 1. The third-order valence-electron chi connectivity index (χ3n) is 3.84. The fourth-order valence-corrected chi connectivity index (χ4v) is 2.71. The summed E-state index contributed by atoms with van der Waals surface area (Å²) in [6.07, 6.45) is 6.21. The molecule has 104 valence electrons. The molecule has 1 atom stereocenters. The summed E-state index contributed by atoms with van der Waals surface area (Å²) in [7, 11) is 1.52. The minimum absolute atomic E-state index is 0.211. The van der Waals surface area contributed by atoms with Crippen LogP contribution in [0.15, 0.2) is 11.1 Å². The van der Waals surface area contributed by atoms with E-state index in [1.165, 1.54) is 39.1 Å². The molecule has 1 saturated heterocycles. The topological polar surface area (TPSA) is 70.2 Å². The Bertz CT molecular complexity index is 492. The van der Waals surface area contributed by atoms with Crippen LogP contribution in [0.4, 0.5) is 5.82 Å². The Kier molecular flexibility index (Phi) is 3.42. The molecule has 3 rings (SSSR count). The molecule has 1 aliphatic heterocycles. The second kappa shape index (κ2) is 5.21. The van der Waals surface area contributed by atoms with E-state index in [1.807, 2.05) is 0 Å². The summed E-state index contributed by atoms with van der Waals surface area (Å²) in [5.74, 6) is 1.01. The zero-order valence-electron chi connectivity index (χ0n) is 11.2. The number of ether oxygens (including phenoxy) is 1. The van der Waals surface area contributed by atoms with Crippen LogP contribution in [-0.2, 0) is 0 Å². The van der Waals surface area contributed by atoms with E-state index in [9.17, 15) is 4.79 Å². The predicted molar refractivity (Wildman–Crippen MR) is 72.8 cm³/mol. The molecule has 1 aliphatic carbocycles. The molecule has 1 saturated carbocycles. The van der Waals surface area contributed by atoms with E-state index >= 15 is 0 Å². The number of aromatic nitrogens is 2. The van der Waals surface area contributed by atoms with Gasteiger partial charge in [-0.3, -0.25) is 4.79 Å². The van der Waals surface area contributed by atoms with E-state index in [0.717, 1.165) is 13.1 Å². The minimum Gasteiger partial charge on any atom is -0.489 e. The van der Waals surface area contributed by atoms with Crippen LogP contribution >= 0.6 is 0 Å². The average molecular weight is 264 g/mol. The number of hydrogen-bond acceptors (Lipinski definition) is 5. The van der Waals surface area contributed by atoms with Crippen molar-refractivity contribution < 1.29 is 4.74 Å². The second-order valence-corrected chi connectivity index (χ2v) is 5.27. The summed E-state index contributed by atoms with van der Waals surface area (Å²) in [6, 6.07) is 0.997. The lowest BCUT2D eigenvalue weighted by molar-refractivity contribution is 0.404. The highest BCUT2D eigenvalue weighted by atomic mass is 16.5. The maximum Gasteiger partial charge on any atom is 0.295 e. The summed E-state index contributed by atoms with van der Waals surface area (Å²) in [5.41, 5.74) is -0.211. The van der Waals surface area contributed by atoms with Crippen molar-refractivity contribution in [3.8, 4) is 5.75 Å². The summed E-state index contributed by atoms with van der Waals surface area (Å²) in [6.45, 7) is 1.99. The molecule has 1 unspecified atom stereocenters. The van der Waals surface area contributed by atoms with Crippen LogP contribution in [0.1, 0.15) is 25.7 Å². The van der Waals surface area contributed by atoms with Gasteiger partial charge in [-0.1, -0.05) is 0 Å². The smallest absolute Gasteiger partial charge is 0.295 e. The lowest BCUT2D eigenvalue weighted by Crippen LogP contribution is -2.40. The number of hydrogen-bond donors (Lipinski definition) is 2. The van der Waals surface area contributed by atoms with Crippen LogP contribution in [-0.4, -0.2) is 42.3 Å². The van der Waals surface area contributed by atoms with E-state index in [1.54, 1.807) is 0 Å². The van der Waals surface area contributed by atoms with Crippen molar-refractivity contribution in [2.75, 3.05) is 25.1 Å². The molecule has 6 heteroatoms. The van der Waals surface area contributed by atoms with Crippen LogP contribution in [0.2, 0.25) is 0 Å². The van der Waals surface area contributed by atoms with Crippen LogP contribution in [0.25, 0.3) is 0 Å². The highest BCUT2D eigenvalue weighted by Crippen LogP contribution is 2.34. The SMILES string of the molecule is COc1c(N(CC2CCCN2)C2CC2)nc[nH]c1=O. The van der Waals surface area contributed by atoms with Gasteiger partial charge in [-0.15, -0.1) is 0 Å². The van der Waals surface area contributed by atoms with Crippen molar-refractivity contribution >= 4 is 5.82 Å². The number of H-pyrrole nitrogens is 1. The van der Waals surface area contributed by atoms with Gasteiger partial charge in [-0.05, 0) is 32.2 Å². The maximum atomic E-state index is 11.8. The van der Waals surface area contributed by atoms with Gasteiger partial charge in [0.1, 0.15) is 0 Å². The largest absolute Gasteiger partial charge is 0.489 e. The van der Waals surface area contributed by atoms with Gasteiger partial charge in [-0.25, -0.2) is 4.98 Å². The maximum absolute atomic E-state index is 11.8. The van der Waals surface area contributed by atoms with Crippen molar-refractivity contribution in [1.29, 1.82) is 0 Å². The number of rotatable bonds is 5. The van der Waals surface area contributed by atoms with Gasteiger partial charge < -0.3 is 19.9 Å². The molecule has 0 amide bonds. The third kappa shape index (κ3) is 2.58. The molecular weight excluding hydrogens is 244 g/mol. The molecule has 2 fully saturated rings. The van der Waals surface area contributed by atoms with Gasteiger partial charge in [0.25, 0.3) is 5.56 Å². The Balaban J connectivity index is 1.87. The fourth-order valence-electron chi connectivity index (χ4n) is 2.71. The fraction of sp³-hybridized carbons (Fsp3) is 0.692. The first-order valence-electron chi connectivity index (χ1n) is 6.91. The number of nitrogens with zero attached hydrogens (tertiary/aromatic N) is 2. The molecule has 2 heterocycles. The molecule has 0 spiro atoms. The lowest BCUT2D eigenvalue weighted by Gasteiger charge is -2.27. The molecule has 1 aromatic heterocycles. The third-order valence-corrected chi connectivity index (χ3v) is 3.84. The molecule has 0 radical (unpaired) electrons. The monoisotopic (exact) mass is 264 g/mol. The summed E-state index contributed by atoms with van der Waals surface area (Å²) < 4.78 is 5.23. The van der Waals surface area contributed by atoms with Crippen LogP contribution in [0.5, 0.6) is 5.75 Å². The first-order valence-corrected chi connectivity index (χ1v) is 6.91. The van der Waals surface area contributed by atoms with Gasteiger partial charge in [-0.2, -0.15) is 0 Å². The van der Waals surface area contributed by atoms with E-state index < -0.39 is 0 Å². The van der Waals surface area contributed by atoms with Crippen molar-refractivity contribution in [1.82, 2.24) is 15.3 Å². The number of methoxy groups -OCH3 is 1. The van der Waals surface area contributed by atoms with Crippen molar-refractivity contribution in [2.45, 2.75) is 37.8 Å². The van der Waals surface area contributed by atoms with Gasteiger partial charge in [0.05, 0.1) is 13.4 Å². The zero-order chi connectivity index (χ0) is 13.2. The second-order valence-electron chi connectivity index (χ2n) is 5.27. The van der Waals surface area contributed by atoms with Crippen LogP contribution < -0.4 is 20.5 Å². The summed E-state index contributed by atoms with van der Waals surface area (Å²) in [4.78, 5) is 20.9. The van der Waals surface area contributed by atoms with Crippen molar-refractivity contribution in [3.05, 3.63) is 16.7 Å². The highest BCUT2D eigenvalue weighted by Gasteiger charge is 2.34. The quantitative estimate of drug-likeness (QED) is 0.810. The Hall–Kier alpha value is -1.56. The normalized spacial score (nSPS) is 22.5. The Morgan fingerprint density at radius 1 is 1.47 bits per heavy atom. The van der Waals surface area contributed by atoms with Gasteiger partial charge in [0.2, 0.25) is 5.75 Å². The zero-order valence-corrected chi connectivity index (χ0v) is 11.2. The van der Waals surface area contributed by atoms with Crippen LogP contribution in [0.3, 0.4) is 0 Å². The van der Waals surface area contributed by atoms with Crippen molar-refractivity contribution in [2.24, 2.45) is 0 Å². The lowest BCUT2D eigenvalue weighted by atomic mass is 10.2. The van der Waals surface area contributed by atoms with E-state index in [4.69, 9.17) is 4.74 Å². The molecule has 0 aromatic carbocycles. The van der Waals surface area contributed by atoms with Crippen molar-refractivity contribution in [3.63, 3.8) is 0 Å². The van der Waals surface area contributed by atoms with E-state index in [-0.39, 0.29) is 5.56 Å². The molecule has 19 heavy (non-hydrogen) atoms. The molecule has 2 aliphatic rings. The number of nitrogens with one attached hydrogen (secondary N) is 2. The molecule has 1 aromatic rings. The Morgan fingerprint density at radius 2 is 2.32 bits per heavy atom. The number of anilines is 1. The van der Waals surface area contributed by atoms with Gasteiger partial charge in [0, 0.05) is 18.6 Å². The standard InChI is InChI=1S/C13H20N4O2/c1-19-11-12(15-8-16-13(11)18)17(10-4-5-10)7-9-3-2-6-14-9/h8-10,14H,2-7H2,1H3,(H,15,16,18). The van der Waals surface area contributed by atoms with Gasteiger partial charge in [0.15, 0.2) is 5.82 Å².